The number of rotatable bonds is 2. The van der Waals surface area contributed by atoms with Gasteiger partial charge in [-0.05, 0) is 26.8 Å². The predicted octanol–water partition coefficient (Wildman–Crippen LogP) is 2.52. The number of hydrogen-bond acceptors (Lipinski definition) is 5. The molecule has 0 aliphatic carbocycles. The van der Waals surface area contributed by atoms with Gasteiger partial charge in [0.1, 0.15) is 12.2 Å². The normalized spacial score (nSPS) is 20.9. The first-order valence-electron chi connectivity index (χ1n) is 8.58. The van der Waals surface area contributed by atoms with Crippen molar-refractivity contribution in [2.24, 2.45) is 0 Å². The van der Waals surface area contributed by atoms with E-state index in [1.807, 2.05) is 45.0 Å². The summed E-state index contributed by atoms with van der Waals surface area (Å²) in [5.41, 5.74) is 1.63. The number of amides is 2. The number of alkyl carbamates (subject to hydrolysis) is 1. The molecule has 7 heteroatoms. The Morgan fingerprint density at radius 2 is 1.88 bits per heavy atom. The van der Waals surface area contributed by atoms with Gasteiger partial charge in [-0.2, -0.15) is 0 Å². The quantitative estimate of drug-likeness (QED) is 0.890. The van der Waals surface area contributed by atoms with Crippen molar-refractivity contribution in [3.05, 3.63) is 29.8 Å². The number of piperazine rings is 1. The maximum Gasteiger partial charge on any atom is 0.410 e. The molecule has 1 atom stereocenters. The van der Waals surface area contributed by atoms with Crippen molar-refractivity contribution < 1.29 is 19.1 Å². The summed E-state index contributed by atoms with van der Waals surface area (Å²) in [6, 6.07) is 7.86. The first kappa shape index (κ1) is 17.4. The molecule has 1 N–H and O–H groups in total. The van der Waals surface area contributed by atoms with Gasteiger partial charge in [0.25, 0.3) is 0 Å². The van der Waals surface area contributed by atoms with E-state index in [1.54, 1.807) is 4.90 Å². The summed E-state index contributed by atoms with van der Waals surface area (Å²) in [4.78, 5) is 27.5. The standard InChI is InChI=1S/C18H25N3O4/c1-18(2,3)25-17(23)21-10-8-20(9-11-21)15-7-5-4-6-13(15)14-12-24-16(22)19-14/h4-7,14H,8-12H2,1-3H3,(H,19,22). The predicted molar refractivity (Wildman–Crippen MR) is 93.7 cm³/mol. The Morgan fingerprint density at radius 1 is 1.20 bits per heavy atom. The lowest BCUT2D eigenvalue weighted by Gasteiger charge is -2.37. The van der Waals surface area contributed by atoms with E-state index in [0.717, 1.165) is 24.3 Å². The lowest BCUT2D eigenvalue weighted by Crippen LogP contribution is -2.50. The van der Waals surface area contributed by atoms with Crippen molar-refractivity contribution >= 4 is 17.9 Å². The molecule has 25 heavy (non-hydrogen) atoms. The number of carbonyl (C=O) groups excluding carboxylic acids is 2. The molecule has 7 nitrogen and oxygen atoms in total. The molecule has 1 aromatic carbocycles. The van der Waals surface area contributed by atoms with Crippen molar-refractivity contribution in [1.29, 1.82) is 0 Å². The van der Waals surface area contributed by atoms with E-state index < -0.39 is 5.60 Å². The van der Waals surface area contributed by atoms with E-state index in [-0.39, 0.29) is 18.2 Å². The van der Waals surface area contributed by atoms with E-state index in [2.05, 4.69) is 10.2 Å². The molecule has 3 rings (SSSR count). The van der Waals surface area contributed by atoms with Gasteiger partial charge in [0.2, 0.25) is 0 Å². The topological polar surface area (TPSA) is 71.1 Å². The second-order valence-electron chi connectivity index (χ2n) is 7.31. The first-order chi connectivity index (χ1) is 11.8. The molecule has 2 fully saturated rings. The first-order valence-corrected chi connectivity index (χ1v) is 8.58. The van der Waals surface area contributed by atoms with Crippen LogP contribution in [0.25, 0.3) is 0 Å². The molecule has 136 valence electrons. The van der Waals surface area contributed by atoms with Gasteiger partial charge >= 0.3 is 12.2 Å². The fourth-order valence-electron chi connectivity index (χ4n) is 3.08. The Balaban J connectivity index is 1.66. The van der Waals surface area contributed by atoms with Crippen LogP contribution in [0.5, 0.6) is 0 Å². The molecule has 0 radical (unpaired) electrons. The molecule has 2 heterocycles. The van der Waals surface area contributed by atoms with Gasteiger partial charge in [-0.25, -0.2) is 9.59 Å². The number of ether oxygens (including phenoxy) is 2. The number of nitrogens with one attached hydrogen (secondary N) is 1. The smallest absolute Gasteiger partial charge is 0.410 e. The molecule has 1 unspecified atom stereocenters. The zero-order valence-electron chi connectivity index (χ0n) is 14.9. The Hall–Kier alpha value is -2.44. The molecule has 2 aliphatic rings. The number of carbonyl (C=O) groups is 2. The summed E-state index contributed by atoms with van der Waals surface area (Å²) >= 11 is 0. The van der Waals surface area contributed by atoms with Crippen LogP contribution >= 0.6 is 0 Å². The minimum absolute atomic E-state index is 0.132. The Labute approximate surface area is 147 Å². The summed E-state index contributed by atoms with van der Waals surface area (Å²) in [6.45, 7) is 8.61. The number of cyclic esters (lactones) is 1. The third-order valence-electron chi connectivity index (χ3n) is 4.26. The SMILES string of the molecule is CC(C)(C)OC(=O)N1CCN(c2ccccc2C2COC(=O)N2)CC1. The van der Waals surface area contributed by atoms with E-state index >= 15 is 0 Å². The maximum atomic E-state index is 12.2. The average molecular weight is 347 g/mol. The van der Waals surface area contributed by atoms with Gasteiger partial charge in [-0.3, -0.25) is 0 Å². The lowest BCUT2D eigenvalue weighted by molar-refractivity contribution is 0.0240. The summed E-state index contributed by atoms with van der Waals surface area (Å²) in [5.74, 6) is 0. The molecule has 2 aliphatic heterocycles. The summed E-state index contributed by atoms with van der Waals surface area (Å²) in [6.07, 6.45) is -0.647. The molecule has 2 amide bonds. The van der Waals surface area contributed by atoms with Gasteiger partial charge in [-0.15, -0.1) is 0 Å². The maximum absolute atomic E-state index is 12.2. The third-order valence-corrected chi connectivity index (χ3v) is 4.26. The minimum Gasteiger partial charge on any atom is -0.447 e. The highest BCUT2D eigenvalue weighted by Crippen LogP contribution is 2.29. The Bertz CT molecular complexity index is 648. The summed E-state index contributed by atoms with van der Waals surface area (Å²) in [7, 11) is 0. The highest BCUT2D eigenvalue weighted by atomic mass is 16.6. The van der Waals surface area contributed by atoms with E-state index in [9.17, 15) is 9.59 Å². The largest absolute Gasteiger partial charge is 0.447 e. The highest BCUT2D eigenvalue weighted by Gasteiger charge is 2.30. The van der Waals surface area contributed by atoms with Crippen molar-refractivity contribution in [3.63, 3.8) is 0 Å². The molecule has 0 bridgehead atoms. The van der Waals surface area contributed by atoms with Crippen LogP contribution in [-0.4, -0.2) is 55.5 Å². The number of hydrogen-bond donors (Lipinski definition) is 1. The fraction of sp³-hybridized carbons (Fsp3) is 0.556. The second-order valence-corrected chi connectivity index (χ2v) is 7.31. The summed E-state index contributed by atoms with van der Waals surface area (Å²) in [5, 5.41) is 2.83. The lowest BCUT2D eigenvalue weighted by atomic mass is 10.0. The van der Waals surface area contributed by atoms with Crippen molar-refractivity contribution in [3.8, 4) is 0 Å². The molecular formula is C18H25N3O4. The number of benzene rings is 1. The van der Waals surface area contributed by atoms with Crippen LogP contribution in [0.4, 0.5) is 15.3 Å². The third kappa shape index (κ3) is 4.15. The van der Waals surface area contributed by atoms with Crippen LogP contribution in [0.3, 0.4) is 0 Å². The molecule has 0 aromatic heterocycles. The van der Waals surface area contributed by atoms with E-state index in [4.69, 9.17) is 9.47 Å². The van der Waals surface area contributed by atoms with Crippen LogP contribution in [0, 0.1) is 0 Å². The second kappa shape index (κ2) is 6.82. The number of para-hydroxylation sites is 1. The zero-order chi connectivity index (χ0) is 18.0. The Morgan fingerprint density at radius 3 is 2.48 bits per heavy atom. The molecule has 1 aromatic rings. The van der Waals surface area contributed by atoms with Crippen LogP contribution in [-0.2, 0) is 9.47 Å². The zero-order valence-corrected chi connectivity index (χ0v) is 14.9. The molecule has 2 saturated heterocycles. The Kier molecular flexibility index (Phi) is 4.74. The van der Waals surface area contributed by atoms with Gasteiger partial charge in [0.05, 0.1) is 6.04 Å². The van der Waals surface area contributed by atoms with Crippen LogP contribution in [0.1, 0.15) is 32.4 Å². The van der Waals surface area contributed by atoms with E-state index in [0.29, 0.717) is 19.7 Å². The van der Waals surface area contributed by atoms with Gasteiger partial charge in [0.15, 0.2) is 0 Å². The van der Waals surface area contributed by atoms with Crippen molar-refractivity contribution in [1.82, 2.24) is 10.2 Å². The summed E-state index contributed by atoms with van der Waals surface area (Å²) < 4.78 is 10.5. The van der Waals surface area contributed by atoms with Gasteiger partial charge in [0, 0.05) is 37.4 Å². The monoisotopic (exact) mass is 347 g/mol. The molecule has 0 saturated carbocycles. The average Bonchev–Trinajstić information content (AvgIpc) is 3.00. The van der Waals surface area contributed by atoms with Crippen LogP contribution < -0.4 is 10.2 Å². The highest BCUT2D eigenvalue weighted by molar-refractivity contribution is 5.71. The molecular weight excluding hydrogens is 322 g/mol. The number of nitrogens with zero attached hydrogens (tertiary/aromatic N) is 2. The van der Waals surface area contributed by atoms with Gasteiger partial charge < -0.3 is 24.6 Å². The van der Waals surface area contributed by atoms with Crippen molar-refractivity contribution in [2.45, 2.75) is 32.4 Å². The van der Waals surface area contributed by atoms with E-state index in [1.165, 1.54) is 0 Å². The fourth-order valence-corrected chi connectivity index (χ4v) is 3.08. The molecule has 0 spiro atoms. The number of anilines is 1. The van der Waals surface area contributed by atoms with Crippen molar-refractivity contribution in [2.75, 3.05) is 37.7 Å². The van der Waals surface area contributed by atoms with Crippen LogP contribution in [0.15, 0.2) is 24.3 Å². The van der Waals surface area contributed by atoms with Crippen LogP contribution in [0.2, 0.25) is 0 Å². The van der Waals surface area contributed by atoms with Gasteiger partial charge in [-0.1, -0.05) is 18.2 Å². The minimum atomic E-state index is -0.485.